The highest BCUT2D eigenvalue weighted by atomic mass is 79.9. The molecule has 0 fully saturated rings. The number of hydrogen-bond donors (Lipinski definition) is 1. The summed E-state index contributed by atoms with van der Waals surface area (Å²) < 4.78 is 3.91. The molecule has 0 aliphatic carbocycles. The average Bonchev–Trinajstić information content (AvgIpc) is 2.37. The minimum absolute atomic E-state index is 0.437. The number of anilines is 1. The number of aromatic nitrogens is 2. The molecular weight excluding hydrogens is 238 g/mol. The summed E-state index contributed by atoms with van der Waals surface area (Å²) in [4.78, 5) is 4.58. The summed E-state index contributed by atoms with van der Waals surface area (Å²) in [7, 11) is 0. The van der Waals surface area contributed by atoms with Crippen molar-refractivity contribution < 1.29 is 0 Å². The van der Waals surface area contributed by atoms with Crippen LogP contribution in [0.1, 0.15) is 20.3 Å². The lowest BCUT2D eigenvalue weighted by atomic mass is 10.2. The Hall–Kier alpha value is -0.160. The Bertz CT molecular complexity index is 212. The van der Waals surface area contributed by atoms with E-state index in [1.165, 1.54) is 11.5 Å². The maximum Gasteiger partial charge on any atom is 0.202 e. The van der Waals surface area contributed by atoms with Gasteiger partial charge in [0.2, 0.25) is 5.13 Å². The molecule has 1 rings (SSSR count). The molecule has 1 N–H and O–H groups in total. The summed E-state index contributed by atoms with van der Waals surface area (Å²) in [6.45, 7) is 4.28. The highest BCUT2D eigenvalue weighted by Crippen LogP contribution is 2.13. The molecule has 0 amide bonds. The molecule has 2 unspecified atom stereocenters. The molecule has 0 bridgehead atoms. The third-order valence-electron chi connectivity index (χ3n) is 1.41. The second kappa shape index (κ2) is 4.77. The van der Waals surface area contributed by atoms with E-state index in [1.807, 2.05) is 0 Å². The average molecular weight is 250 g/mol. The normalized spacial score (nSPS) is 15.6. The van der Waals surface area contributed by atoms with Crippen molar-refractivity contribution in [3.63, 3.8) is 0 Å². The quantitative estimate of drug-likeness (QED) is 0.834. The van der Waals surface area contributed by atoms with Crippen LogP contribution in [0.15, 0.2) is 6.33 Å². The second-order valence-corrected chi connectivity index (χ2v) is 5.15. The molecule has 1 heterocycles. The Labute approximate surface area is 84.9 Å². The molecule has 0 aromatic carbocycles. The van der Waals surface area contributed by atoms with Gasteiger partial charge in [0.25, 0.3) is 0 Å². The third-order valence-corrected chi connectivity index (χ3v) is 2.38. The molecule has 0 aliphatic rings. The van der Waals surface area contributed by atoms with E-state index >= 15 is 0 Å². The predicted molar refractivity (Wildman–Crippen MR) is 56.0 cm³/mol. The van der Waals surface area contributed by atoms with Crippen LogP contribution in [0.2, 0.25) is 0 Å². The Balaban J connectivity index is 2.32. The van der Waals surface area contributed by atoms with Crippen molar-refractivity contribution in [2.24, 2.45) is 0 Å². The zero-order valence-corrected chi connectivity index (χ0v) is 9.52. The Morgan fingerprint density at radius 3 is 2.92 bits per heavy atom. The topological polar surface area (TPSA) is 37.8 Å². The van der Waals surface area contributed by atoms with E-state index in [9.17, 15) is 0 Å². The molecule has 0 saturated carbocycles. The summed E-state index contributed by atoms with van der Waals surface area (Å²) in [5.41, 5.74) is 0. The van der Waals surface area contributed by atoms with Crippen LogP contribution in [0.3, 0.4) is 0 Å². The number of hydrogen-bond acceptors (Lipinski definition) is 4. The summed E-state index contributed by atoms with van der Waals surface area (Å²) in [6.07, 6.45) is 2.65. The summed E-state index contributed by atoms with van der Waals surface area (Å²) in [6, 6.07) is 0.437. The summed E-state index contributed by atoms with van der Waals surface area (Å²) in [5, 5.41) is 4.17. The molecule has 0 spiro atoms. The van der Waals surface area contributed by atoms with Gasteiger partial charge in [0.1, 0.15) is 6.33 Å². The van der Waals surface area contributed by atoms with Crippen LogP contribution in [-0.2, 0) is 0 Å². The molecule has 2 atom stereocenters. The first-order chi connectivity index (χ1) is 5.68. The monoisotopic (exact) mass is 249 g/mol. The number of halogens is 1. The van der Waals surface area contributed by atoms with Gasteiger partial charge in [-0.25, -0.2) is 4.98 Å². The molecule has 68 valence electrons. The number of nitrogens with one attached hydrogen (secondary N) is 1. The van der Waals surface area contributed by atoms with E-state index in [0.29, 0.717) is 10.9 Å². The van der Waals surface area contributed by atoms with E-state index in [0.717, 1.165) is 11.6 Å². The zero-order chi connectivity index (χ0) is 8.97. The molecule has 12 heavy (non-hydrogen) atoms. The minimum atomic E-state index is 0.437. The van der Waals surface area contributed by atoms with Crippen LogP contribution >= 0.6 is 27.5 Å². The lowest BCUT2D eigenvalue weighted by Gasteiger charge is -2.13. The molecule has 1 aromatic rings. The molecule has 1 aromatic heterocycles. The van der Waals surface area contributed by atoms with Gasteiger partial charge in [0, 0.05) is 22.4 Å². The SMILES string of the molecule is CC(Br)CC(C)Nc1ncns1. The highest BCUT2D eigenvalue weighted by molar-refractivity contribution is 9.09. The van der Waals surface area contributed by atoms with Crippen molar-refractivity contribution in [2.75, 3.05) is 5.32 Å². The van der Waals surface area contributed by atoms with Crippen LogP contribution in [-0.4, -0.2) is 20.2 Å². The van der Waals surface area contributed by atoms with Crippen molar-refractivity contribution >= 4 is 32.6 Å². The maximum absolute atomic E-state index is 4.04. The lowest BCUT2D eigenvalue weighted by Crippen LogP contribution is -2.17. The van der Waals surface area contributed by atoms with Crippen molar-refractivity contribution in [2.45, 2.75) is 31.1 Å². The van der Waals surface area contributed by atoms with Crippen molar-refractivity contribution in [3.05, 3.63) is 6.33 Å². The number of nitrogens with zero attached hydrogens (tertiary/aromatic N) is 2. The van der Waals surface area contributed by atoms with Gasteiger partial charge in [0.15, 0.2) is 0 Å². The van der Waals surface area contributed by atoms with E-state index in [2.05, 4.69) is 44.5 Å². The fourth-order valence-electron chi connectivity index (χ4n) is 0.994. The van der Waals surface area contributed by atoms with E-state index in [1.54, 1.807) is 6.33 Å². The number of alkyl halides is 1. The van der Waals surface area contributed by atoms with Crippen LogP contribution in [0.5, 0.6) is 0 Å². The first kappa shape index (κ1) is 9.92. The minimum Gasteiger partial charge on any atom is -0.358 e. The van der Waals surface area contributed by atoms with Gasteiger partial charge < -0.3 is 5.32 Å². The Kier molecular flexibility index (Phi) is 3.94. The molecule has 3 nitrogen and oxygen atoms in total. The van der Waals surface area contributed by atoms with Gasteiger partial charge in [-0.15, -0.1) is 0 Å². The maximum atomic E-state index is 4.04. The second-order valence-electron chi connectivity index (χ2n) is 2.81. The van der Waals surface area contributed by atoms with Crippen molar-refractivity contribution in [3.8, 4) is 0 Å². The fourth-order valence-corrected chi connectivity index (χ4v) is 2.10. The zero-order valence-electron chi connectivity index (χ0n) is 7.12. The van der Waals surface area contributed by atoms with E-state index < -0.39 is 0 Å². The van der Waals surface area contributed by atoms with Crippen LogP contribution in [0.25, 0.3) is 0 Å². The van der Waals surface area contributed by atoms with Gasteiger partial charge in [-0.3, -0.25) is 0 Å². The first-order valence-electron chi connectivity index (χ1n) is 3.85. The molecule has 0 radical (unpaired) electrons. The van der Waals surface area contributed by atoms with E-state index in [4.69, 9.17) is 0 Å². The van der Waals surface area contributed by atoms with Gasteiger partial charge in [-0.2, -0.15) is 4.37 Å². The van der Waals surface area contributed by atoms with Gasteiger partial charge in [-0.1, -0.05) is 22.9 Å². The van der Waals surface area contributed by atoms with Gasteiger partial charge in [-0.05, 0) is 13.3 Å². The van der Waals surface area contributed by atoms with E-state index in [-0.39, 0.29) is 0 Å². The molecule has 0 saturated heterocycles. The smallest absolute Gasteiger partial charge is 0.202 e. The van der Waals surface area contributed by atoms with Crippen LogP contribution < -0.4 is 5.32 Å². The first-order valence-corrected chi connectivity index (χ1v) is 5.54. The molecular formula is C7H12BrN3S. The van der Waals surface area contributed by atoms with Gasteiger partial charge >= 0.3 is 0 Å². The van der Waals surface area contributed by atoms with Crippen molar-refractivity contribution in [1.82, 2.24) is 9.36 Å². The molecule has 5 heteroatoms. The summed E-state index contributed by atoms with van der Waals surface area (Å²) >= 11 is 4.90. The number of rotatable bonds is 4. The fraction of sp³-hybridized carbons (Fsp3) is 0.714. The standard InChI is InChI=1S/C7H12BrN3S/c1-5(8)3-6(2)11-7-9-4-10-12-7/h4-6H,3H2,1-2H3,(H,9,10,11). The molecule has 0 aliphatic heterocycles. The highest BCUT2D eigenvalue weighted by Gasteiger charge is 2.06. The van der Waals surface area contributed by atoms with Crippen LogP contribution in [0.4, 0.5) is 5.13 Å². The predicted octanol–water partition coefficient (Wildman–Crippen LogP) is 2.51. The summed E-state index contributed by atoms with van der Waals surface area (Å²) in [5.74, 6) is 0. The van der Waals surface area contributed by atoms with Crippen LogP contribution in [0, 0.1) is 0 Å². The Morgan fingerprint density at radius 2 is 2.42 bits per heavy atom. The third kappa shape index (κ3) is 3.49. The lowest BCUT2D eigenvalue weighted by molar-refractivity contribution is 0.707. The van der Waals surface area contributed by atoms with Crippen molar-refractivity contribution in [1.29, 1.82) is 0 Å². The largest absolute Gasteiger partial charge is 0.358 e. The Morgan fingerprint density at radius 1 is 1.67 bits per heavy atom. The van der Waals surface area contributed by atoms with Gasteiger partial charge in [0.05, 0.1) is 0 Å².